The highest BCUT2D eigenvalue weighted by Crippen LogP contribution is 2.21. The van der Waals surface area contributed by atoms with Crippen LogP contribution >= 0.6 is 0 Å². The Kier molecular flexibility index (Phi) is 7.35. The molecule has 1 unspecified atom stereocenters. The second-order valence-corrected chi connectivity index (χ2v) is 5.59. The van der Waals surface area contributed by atoms with E-state index in [1.54, 1.807) is 0 Å². The summed E-state index contributed by atoms with van der Waals surface area (Å²) in [6.07, 6.45) is 6.17. The van der Waals surface area contributed by atoms with Crippen LogP contribution < -0.4 is 0 Å². The van der Waals surface area contributed by atoms with Gasteiger partial charge in [-0.3, -0.25) is 4.90 Å². The maximum Gasteiger partial charge on any atom is 0.0972 e. The van der Waals surface area contributed by atoms with Crippen molar-refractivity contribution in [3.63, 3.8) is 0 Å². The van der Waals surface area contributed by atoms with Crippen molar-refractivity contribution in [2.75, 3.05) is 26.3 Å². The lowest BCUT2D eigenvalue weighted by molar-refractivity contribution is 0.0269. The molecule has 0 N–H and O–H groups in total. The molecule has 0 bridgehead atoms. The predicted molar refractivity (Wildman–Crippen MR) is 88.1 cm³/mol. The van der Waals surface area contributed by atoms with E-state index in [4.69, 9.17) is 4.74 Å². The summed E-state index contributed by atoms with van der Waals surface area (Å²) in [7, 11) is 0. The highest BCUT2D eigenvalue weighted by Gasteiger charge is 2.20. The van der Waals surface area contributed by atoms with Crippen LogP contribution in [-0.4, -0.2) is 31.2 Å². The summed E-state index contributed by atoms with van der Waals surface area (Å²) >= 11 is 0. The highest BCUT2D eigenvalue weighted by atomic mass is 16.5. The van der Waals surface area contributed by atoms with Gasteiger partial charge in [-0.05, 0) is 12.0 Å². The van der Waals surface area contributed by atoms with Gasteiger partial charge in [0.15, 0.2) is 0 Å². The quantitative estimate of drug-likeness (QED) is 0.578. The van der Waals surface area contributed by atoms with Crippen molar-refractivity contribution in [1.82, 2.24) is 4.90 Å². The minimum atomic E-state index is 0.223. The van der Waals surface area contributed by atoms with Crippen molar-refractivity contribution in [3.8, 4) is 11.8 Å². The van der Waals surface area contributed by atoms with Gasteiger partial charge in [-0.2, -0.15) is 0 Å². The summed E-state index contributed by atoms with van der Waals surface area (Å²) < 4.78 is 5.47. The summed E-state index contributed by atoms with van der Waals surface area (Å²) in [6, 6.07) is 10.9. The van der Waals surface area contributed by atoms with Crippen LogP contribution in [0.4, 0.5) is 0 Å². The zero-order chi connectivity index (χ0) is 14.8. The van der Waals surface area contributed by atoms with Crippen molar-refractivity contribution in [1.29, 1.82) is 0 Å². The molecular weight excluding hydrogens is 258 g/mol. The van der Waals surface area contributed by atoms with E-state index in [0.29, 0.717) is 0 Å². The molecule has 0 amide bonds. The molecule has 0 aliphatic carbocycles. The maximum absolute atomic E-state index is 5.47. The molecule has 1 saturated heterocycles. The van der Waals surface area contributed by atoms with Gasteiger partial charge in [0.2, 0.25) is 0 Å². The zero-order valence-electron chi connectivity index (χ0n) is 13.2. The van der Waals surface area contributed by atoms with Gasteiger partial charge in [-0.15, -0.1) is 5.92 Å². The molecule has 0 radical (unpaired) electrons. The molecule has 2 rings (SSSR count). The van der Waals surface area contributed by atoms with Gasteiger partial charge in [0, 0.05) is 19.5 Å². The first-order chi connectivity index (χ1) is 10.4. The number of ether oxygens (including phenoxy) is 1. The van der Waals surface area contributed by atoms with Crippen LogP contribution in [0.3, 0.4) is 0 Å². The molecular formula is C19H27NO. The van der Waals surface area contributed by atoms with E-state index in [9.17, 15) is 0 Å². The van der Waals surface area contributed by atoms with Gasteiger partial charge in [0.1, 0.15) is 0 Å². The Morgan fingerprint density at radius 3 is 2.57 bits per heavy atom. The van der Waals surface area contributed by atoms with Crippen LogP contribution in [0.1, 0.15) is 50.6 Å². The van der Waals surface area contributed by atoms with E-state index >= 15 is 0 Å². The van der Waals surface area contributed by atoms with E-state index < -0.39 is 0 Å². The Bertz CT molecular complexity index is 440. The fourth-order valence-electron chi connectivity index (χ4n) is 2.67. The lowest BCUT2D eigenvalue weighted by Gasteiger charge is -2.31. The average molecular weight is 285 g/mol. The van der Waals surface area contributed by atoms with Crippen molar-refractivity contribution in [3.05, 3.63) is 35.9 Å². The van der Waals surface area contributed by atoms with Gasteiger partial charge in [-0.1, -0.05) is 62.4 Å². The largest absolute Gasteiger partial charge is 0.379 e. The van der Waals surface area contributed by atoms with Gasteiger partial charge >= 0.3 is 0 Å². The topological polar surface area (TPSA) is 12.5 Å². The molecule has 0 saturated carbocycles. The first-order valence-electron chi connectivity index (χ1n) is 8.27. The molecule has 1 aliphatic heterocycles. The third-order valence-corrected chi connectivity index (χ3v) is 3.92. The molecule has 114 valence electrons. The molecule has 2 heteroatoms. The predicted octanol–water partition coefficient (Wildman–Crippen LogP) is 4.03. The van der Waals surface area contributed by atoms with Crippen LogP contribution in [0, 0.1) is 11.8 Å². The molecule has 1 aromatic rings. The standard InChI is InChI=1S/C19H27NO/c1-2-3-4-5-6-10-13-19(18-11-8-7-9-12-18)20-14-16-21-17-15-20/h7-9,11-12,19H,2-6,14-17H2,1H3. The van der Waals surface area contributed by atoms with Gasteiger partial charge < -0.3 is 4.74 Å². The normalized spacial score (nSPS) is 17.0. The second kappa shape index (κ2) is 9.60. The summed E-state index contributed by atoms with van der Waals surface area (Å²) in [4.78, 5) is 2.44. The number of hydrogen-bond donors (Lipinski definition) is 0. The van der Waals surface area contributed by atoms with Gasteiger partial charge in [-0.25, -0.2) is 0 Å². The number of unbranched alkanes of at least 4 members (excludes halogenated alkanes) is 4. The summed E-state index contributed by atoms with van der Waals surface area (Å²) in [5.41, 5.74) is 1.31. The van der Waals surface area contributed by atoms with Gasteiger partial charge in [0.25, 0.3) is 0 Å². The SMILES string of the molecule is CCCCCCC#CC(c1ccccc1)N1CCOCC1. The van der Waals surface area contributed by atoms with Crippen LogP contribution in [0.15, 0.2) is 30.3 Å². The molecule has 1 heterocycles. The van der Waals surface area contributed by atoms with E-state index in [1.807, 2.05) is 0 Å². The molecule has 1 fully saturated rings. The lowest BCUT2D eigenvalue weighted by atomic mass is 10.0. The van der Waals surface area contributed by atoms with Crippen molar-refractivity contribution in [2.45, 2.75) is 45.1 Å². The Balaban J connectivity index is 1.97. The third kappa shape index (κ3) is 5.53. The first kappa shape index (κ1) is 16.1. The molecule has 0 spiro atoms. The van der Waals surface area contributed by atoms with Crippen molar-refractivity contribution in [2.24, 2.45) is 0 Å². The number of hydrogen-bond acceptors (Lipinski definition) is 2. The lowest BCUT2D eigenvalue weighted by Crippen LogP contribution is -2.38. The van der Waals surface area contributed by atoms with E-state index in [0.717, 1.165) is 32.7 Å². The molecule has 2 nitrogen and oxygen atoms in total. The van der Waals surface area contributed by atoms with Gasteiger partial charge in [0.05, 0.1) is 19.3 Å². The second-order valence-electron chi connectivity index (χ2n) is 5.59. The molecule has 1 aromatic carbocycles. The highest BCUT2D eigenvalue weighted by molar-refractivity contribution is 5.27. The Morgan fingerprint density at radius 1 is 1.10 bits per heavy atom. The average Bonchev–Trinajstić information content (AvgIpc) is 2.56. The number of benzene rings is 1. The Hall–Kier alpha value is -1.30. The summed E-state index contributed by atoms with van der Waals surface area (Å²) in [6.45, 7) is 5.84. The summed E-state index contributed by atoms with van der Waals surface area (Å²) in [5.74, 6) is 6.91. The minimum Gasteiger partial charge on any atom is -0.379 e. The molecule has 0 aromatic heterocycles. The number of rotatable bonds is 6. The van der Waals surface area contributed by atoms with Crippen molar-refractivity contribution < 1.29 is 4.74 Å². The number of morpholine rings is 1. The van der Waals surface area contributed by atoms with Crippen LogP contribution in [0.5, 0.6) is 0 Å². The van der Waals surface area contributed by atoms with Crippen LogP contribution in [0.25, 0.3) is 0 Å². The zero-order valence-corrected chi connectivity index (χ0v) is 13.2. The minimum absolute atomic E-state index is 0.223. The summed E-state index contributed by atoms with van der Waals surface area (Å²) in [5, 5.41) is 0. The number of nitrogens with zero attached hydrogens (tertiary/aromatic N) is 1. The Morgan fingerprint density at radius 2 is 1.86 bits per heavy atom. The van der Waals surface area contributed by atoms with E-state index in [-0.39, 0.29) is 6.04 Å². The fourth-order valence-corrected chi connectivity index (χ4v) is 2.67. The van der Waals surface area contributed by atoms with Crippen molar-refractivity contribution >= 4 is 0 Å². The molecule has 21 heavy (non-hydrogen) atoms. The van der Waals surface area contributed by atoms with E-state index in [2.05, 4.69) is 54.0 Å². The molecule has 1 aliphatic rings. The smallest absolute Gasteiger partial charge is 0.0972 e. The van der Waals surface area contributed by atoms with Crippen LogP contribution in [-0.2, 0) is 4.74 Å². The Labute approximate surface area is 129 Å². The molecule has 1 atom stereocenters. The maximum atomic E-state index is 5.47. The van der Waals surface area contributed by atoms with E-state index in [1.165, 1.54) is 31.2 Å². The monoisotopic (exact) mass is 285 g/mol. The fraction of sp³-hybridized carbons (Fsp3) is 0.579. The van der Waals surface area contributed by atoms with Crippen LogP contribution in [0.2, 0.25) is 0 Å². The third-order valence-electron chi connectivity index (χ3n) is 3.92. The first-order valence-corrected chi connectivity index (χ1v) is 8.27.